The van der Waals surface area contributed by atoms with Gasteiger partial charge in [0.1, 0.15) is 5.75 Å². The van der Waals surface area contributed by atoms with E-state index in [2.05, 4.69) is 44.8 Å². The Labute approximate surface area is 191 Å². The second-order valence-electron chi connectivity index (χ2n) is 7.98. The molecule has 0 aliphatic carbocycles. The number of hydrogen-bond acceptors (Lipinski definition) is 6. The Morgan fingerprint density at radius 3 is 2.61 bits per heavy atom. The smallest absolute Gasteiger partial charge is 0.236 e. The lowest BCUT2D eigenvalue weighted by atomic mass is 9.98. The monoisotopic (exact) mass is 453 g/mol. The van der Waals surface area contributed by atoms with Crippen LogP contribution in [0.2, 0.25) is 0 Å². The number of para-hydroxylation sites is 2. The van der Waals surface area contributed by atoms with Gasteiger partial charge in [0.25, 0.3) is 0 Å². The van der Waals surface area contributed by atoms with E-state index in [1.807, 2.05) is 34.4 Å². The molecule has 0 saturated carbocycles. The Hall–Kier alpha value is -2.35. The summed E-state index contributed by atoms with van der Waals surface area (Å²) in [6.45, 7) is 4.57. The predicted molar refractivity (Wildman–Crippen MR) is 128 cm³/mol. The zero-order chi connectivity index (χ0) is 21.2. The van der Waals surface area contributed by atoms with Crippen molar-refractivity contribution in [1.82, 2.24) is 9.80 Å². The Morgan fingerprint density at radius 1 is 1.00 bits per heavy atom. The summed E-state index contributed by atoms with van der Waals surface area (Å²) in [5.41, 5.74) is 2.49. The summed E-state index contributed by atoms with van der Waals surface area (Å²) in [6.07, 6.45) is 1.03. The normalized spacial score (nSPS) is 19.3. The highest BCUT2D eigenvalue weighted by molar-refractivity contribution is 7.10. The first-order chi connectivity index (χ1) is 15.2. The zero-order valence-corrected chi connectivity index (χ0v) is 19.3. The third kappa shape index (κ3) is 4.10. The lowest BCUT2D eigenvalue weighted by Gasteiger charge is -2.39. The van der Waals surface area contributed by atoms with E-state index < -0.39 is 0 Å². The number of thiophene rings is 2. The first-order valence-electron chi connectivity index (χ1n) is 10.7. The zero-order valence-electron chi connectivity index (χ0n) is 17.7. The number of methoxy groups -OCH3 is 1. The summed E-state index contributed by atoms with van der Waals surface area (Å²) in [6, 6.07) is 14.9. The van der Waals surface area contributed by atoms with Crippen LogP contribution < -0.4 is 9.64 Å². The highest BCUT2D eigenvalue weighted by Gasteiger charge is 2.33. The van der Waals surface area contributed by atoms with Crippen molar-refractivity contribution in [2.45, 2.75) is 12.5 Å². The third-order valence-corrected chi connectivity index (χ3v) is 8.20. The van der Waals surface area contributed by atoms with E-state index in [1.54, 1.807) is 18.4 Å². The Morgan fingerprint density at radius 2 is 1.84 bits per heavy atom. The summed E-state index contributed by atoms with van der Waals surface area (Å²) in [4.78, 5) is 22.8. The molecule has 0 spiro atoms. The summed E-state index contributed by atoms with van der Waals surface area (Å²) in [5, 5.41) is 4.32. The van der Waals surface area contributed by atoms with Gasteiger partial charge in [-0.25, -0.2) is 0 Å². The number of amides is 1. The molecular weight excluding hydrogens is 426 g/mol. The molecule has 3 aromatic rings. The SMILES string of the molecule is COc1ccccc1N1CCN(C(=O)CN2CCc3sccc3[C@@H]2c2cccs2)CC1. The van der Waals surface area contributed by atoms with Gasteiger partial charge in [-0.1, -0.05) is 18.2 Å². The maximum atomic E-state index is 13.2. The van der Waals surface area contributed by atoms with Crippen LogP contribution in [0.5, 0.6) is 5.75 Å². The average molecular weight is 454 g/mol. The van der Waals surface area contributed by atoms with Gasteiger partial charge in [-0.2, -0.15) is 0 Å². The van der Waals surface area contributed by atoms with Crippen molar-refractivity contribution >= 4 is 34.3 Å². The largest absolute Gasteiger partial charge is 0.495 e. The number of hydrogen-bond donors (Lipinski definition) is 0. The van der Waals surface area contributed by atoms with Gasteiger partial charge >= 0.3 is 0 Å². The molecule has 162 valence electrons. The van der Waals surface area contributed by atoms with Crippen molar-refractivity contribution in [3.63, 3.8) is 0 Å². The van der Waals surface area contributed by atoms with Crippen molar-refractivity contribution < 1.29 is 9.53 Å². The number of anilines is 1. The van der Waals surface area contributed by atoms with Crippen LogP contribution >= 0.6 is 22.7 Å². The molecule has 2 aliphatic heterocycles. The molecule has 7 heteroatoms. The van der Waals surface area contributed by atoms with Crippen LogP contribution in [0.25, 0.3) is 0 Å². The second-order valence-corrected chi connectivity index (χ2v) is 9.96. The first-order valence-corrected chi connectivity index (χ1v) is 12.5. The van der Waals surface area contributed by atoms with E-state index >= 15 is 0 Å². The van der Waals surface area contributed by atoms with Crippen molar-refractivity contribution in [2.75, 3.05) is 51.3 Å². The Balaban J connectivity index is 1.25. The second kappa shape index (κ2) is 9.02. The Kier molecular flexibility index (Phi) is 5.98. The van der Waals surface area contributed by atoms with Crippen LogP contribution in [-0.2, 0) is 11.2 Å². The topological polar surface area (TPSA) is 36.0 Å². The molecule has 4 heterocycles. The third-order valence-electron chi connectivity index (χ3n) is 6.27. The fourth-order valence-electron chi connectivity index (χ4n) is 4.68. The van der Waals surface area contributed by atoms with Crippen LogP contribution in [0.1, 0.15) is 21.4 Å². The highest BCUT2D eigenvalue weighted by atomic mass is 32.1. The molecule has 0 unspecified atom stereocenters. The van der Waals surface area contributed by atoms with E-state index in [-0.39, 0.29) is 11.9 Å². The molecule has 5 nitrogen and oxygen atoms in total. The van der Waals surface area contributed by atoms with Gasteiger partial charge in [0.15, 0.2) is 0 Å². The maximum Gasteiger partial charge on any atom is 0.236 e. The number of fused-ring (bicyclic) bond motifs is 1. The number of carbonyl (C=O) groups excluding carboxylic acids is 1. The minimum Gasteiger partial charge on any atom is -0.495 e. The van der Waals surface area contributed by atoms with Crippen molar-refractivity contribution in [3.05, 3.63) is 68.5 Å². The lowest BCUT2D eigenvalue weighted by Crippen LogP contribution is -2.52. The van der Waals surface area contributed by atoms with Crippen LogP contribution in [0, 0.1) is 0 Å². The molecule has 1 atom stereocenters. The number of carbonyl (C=O) groups is 1. The number of rotatable bonds is 5. The lowest BCUT2D eigenvalue weighted by molar-refractivity contribution is -0.133. The van der Waals surface area contributed by atoms with Gasteiger partial charge < -0.3 is 14.5 Å². The molecule has 0 N–H and O–H groups in total. The molecule has 5 rings (SSSR count). The van der Waals surface area contributed by atoms with Gasteiger partial charge in [0.2, 0.25) is 5.91 Å². The fraction of sp³-hybridized carbons (Fsp3) is 0.375. The maximum absolute atomic E-state index is 13.2. The average Bonchev–Trinajstić information content (AvgIpc) is 3.51. The number of piperazine rings is 1. The molecule has 1 amide bonds. The molecule has 2 aliphatic rings. The van der Waals surface area contributed by atoms with Crippen molar-refractivity contribution in [1.29, 1.82) is 0 Å². The van der Waals surface area contributed by atoms with E-state index in [1.165, 1.54) is 15.3 Å². The number of benzene rings is 1. The van der Waals surface area contributed by atoms with Gasteiger partial charge in [-0.3, -0.25) is 9.69 Å². The number of ether oxygens (including phenoxy) is 1. The first kappa shape index (κ1) is 20.5. The van der Waals surface area contributed by atoms with Gasteiger partial charge in [-0.15, -0.1) is 22.7 Å². The van der Waals surface area contributed by atoms with Crippen molar-refractivity contribution in [3.8, 4) is 5.75 Å². The molecule has 31 heavy (non-hydrogen) atoms. The standard InChI is InChI=1S/C24H27N3O2S2/c1-29-20-6-3-2-5-19(20)25-11-13-26(14-12-25)23(28)17-27-10-8-21-18(9-16-31-21)24(27)22-7-4-15-30-22/h2-7,9,15-16,24H,8,10-14,17H2,1H3/t24-/m1/s1. The van der Waals surface area contributed by atoms with Crippen molar-refractivity contribution in [2.24, 2.45) is 0 Å². The predicted octanol–water partition coefficient (Wildman–Crippen LogP) is 4.11. The molecular formula is C24H27N3O2S2. The summed E-state index contributed by atoms with van der Waals surface area (Å²) in [5.74, 6) is 1.13. The van der Waals surface area contributed by atoms with Gasteiger partial charge in [0, 0.05) is 42.5 Å². The van der Waals surface area contributed by atoms with Crippen LogP contribution in [-0.4, -0.2) is 62.1 Å². The molecule has 0 bridgehead atoms. The van der Waals surface area contributed by atoms with E-state index in [0.717, 1.165) is 50.6 Å². The van der Waals surface area contributed by atoms with Crippen LogP contribution in [0.4, 0.5) is 5.69 Å². The summed E-state index contributed by atoms with van der Waals surface area (Å²) in [7, 11) is 1.71. The van der Waals surface area contributed by atoms with Gasteiger partial charge in [0.05, 0.1) is 25.4 Å². The molecule has 1 aromatic carbocycles. The minimum absolute atomic E-state index is 0.203. The molecule has 1 fully saturated rings. The quantitative estimate of drug-likeness (QED) is 0.582. The molecule has 0 radical (unpaired) electrons. The Bertz CT molecular complexity index is 1030. The molecule has 1 saturated heterocycles. The molecule has 2 aromatic heterocycles. The minimum atomic E-state index is 0.203. The summed E-state index contributed by atoms with van der Waals surface area (Å²) < 4.78 is 5.52. The van der Waals surface area contributed by atoms with E-state index in [0.29, 0.717) is 6.54 Å². The number of nitrogens with zero attached hydrogens (tertiary/aromatic N) is 3. The highest BCUT2D eigenvalue weighted by Crippen LogP contribution is 2.39. The van der Waals surface area contributed by atoms with Crippen LogP contribution in [0.15, 0.2) is 53.2 Å². The fourth-order valence-corrected chi connectivity index (χ4v) is 6.46. The van der Waals surface area contributed by atoms with E-state index in [9.17, 15) is 4.79 Å². The summed E-state index contributed by atoms with van der Waals surface area (Å²) >= 11 is 3.63. The van der Waals surface area contributed by atoms with Crippen LogP contribution in [0.3, 0.4) is 0 Å². The van der Waals surface area contributed by atoms with Gasteiger partial charge in [-0.05, 0) is 47.0 Å². The van der Waals surface area contributed by atoms with E-state index in [4.69, 9.17) is 4.74 Å².